The standard InChI is InChI=1S/C10H15N3O4S/c1-12-7-9(5-11-12)18(16,17)13-4-2-3-8(6-13)10(14)15/h5,7-8H,2-4,6H2,1H3,(H,14,15). The average Bonchev–Trinajstić information content (AvgIpc) is 2.77. The van der Waals surface area contributed by atoms with Gasteiger partial charge in [-0.15, -0.1) is 0 Å². The molecule has 0 aliphatic carbocycles. The lowest BCUT2D eigenvalue weighted by molar-refractivity contribution is -0.142. The van der Waals surface area contributed by atoms with Crippen LogP contribution in [0.5, 0.6) is 0 Å². The Kier molecular flexibility index (Phi) is 3.40. The molecule has 0 spiro atoms. The molecule has 7 nitrogen and oxygen atoms in total. The van der Waals surface area contributed by atoms with E-state index in [4.69, 9.17) is 5.11 Å². The molecule has 2 heterocycles. The van der Waals surface area contributed by atoms with Crippen molar-refractivity contribution < 1.29 is 18.3 Å². The molecule has 1 atom stereocenters. The van der Waals surface area contributed by atoms with Gasteiger partial charge in [-0.25, -0.2) is 8.42 Å². The van der Waals surface area contributed by atoms with Crippen molar-refractivity contribution in [2.24, 2.45) is 13.0 Å². The summed E-state index contributed by atoms with van der Waals surface area (Å²) in [6.07, 6.45) is 3.78. The molecule has 2 rings (SSSR count). The van der Waals surface area contributed by atoms with Gasteiger partial charge in [-0.2, -0.15) is 9.40 Å². The number of carboxylic acid groups (broad SMARTS) is 1. The summed E-state index contributed by atoms with van der Waals surface area (Å²) in [6.45, 7) is 0.396. The van der Waals surface area contributed by atoms with Crippen LogP contribution in [-0.2, 0) is 21.9 Å². The first-order chi connectivity index (χ1) is 8.41. The van der Waals surface area contributed by atoms with E-state index in [1.54, 1.807) is 7.05 Å². The van der Waals surface area contributed by atoms with E-state index >= 15 is 0 Å². The summed E-state index contributed by atoms with van der Waals surface area (Å²) in [5.41, 5.74) is 0. The fraction of sp³-hybridized carbons (Fsp3) is 0.600. The van der Waals surface area contributed by atoms with E-state index in [2.05, 4.69) is 5.10 Å². The summed E-state index contributed by atoms with van der Waals surface area (Å²) in [4.78, 5) is 11.0. The first-order valence-corrected chi connectivity index (χ1v) is 7.07. The van der Waals surface area contributed by atoms with Gasteiger partial charge in [-0.1, -0.05) is 0 Å². The Hall–Kier alpha value is -1.41. The molecular formula is C10H15N3O4S. The smallest absolute Gasteiger partial charge is 0.307 e. The summed E-state index contributed by atoms with van der Waals surface area (Å²) in [5, 5.41) is 12.8. The number of hydrogen-bond acceptors (Lipinski definition) is 4. The number of carbonyl (C=O) groups is 1. The third-order valence-electron chi connectivity index (χ3n) is 3.05. The van der Waals surface area contributed by atoms with Gasteiger partial charge in [0.25, 0.3) is 0 Å². The summed E-state index contributed by atoms with van der Waals surface area (Å²) >= 11 is 0. The quantitative estimate of drug-likeness (QED) is 0.830. The van der Waals surface area contributed by atoms with Crippen molar-refractivity contribution in [3.8, 4) is 0 Å². The molecule has 1 aliphatic heterocycles. The Morgan fingerprint density at radius 3 is 2.83 bits per heavy atom. The normalized spacial score (nSPS) is 21.9. The summed E-state index contributed by atoms with van der Waals surface area (Å²) in [7, 11) is -1.99. The van der Waals surface area contributed by atoms with Gasteiger partial charge in [0.05, 0.1) is 12.1 Å². The maximum Gasteiger partial charge on any atom is 0.307 e. The van der Waals surface area contributed by atoms with Crippen molar-refractivity contribution in [3.63, 3.8) is 0 Å². The van der Waals surface area contributed by atoms with Crippen molar-refractivity contribution >= 4 is 16.0 Å². The van der Waals surface area contributed by atoms with Gasteiger partial charge in [0, 0.05) is 26.3 Å². The number of aryl methyl sites for hydroxylation is 1. The highest BCUT2D eigenvalue weighted by atomic mass is 32.2. The zero-order chi connectivity index (χ0) is 13.3. The van der Waals surface area contributed by atoms with Crippen molar-refractivity contribution in [1.82, 2.24) is 14.1 Å². The van der Waals surface area contributed by atoms with E-state index in [1.807, 2.05) is 0 Å². The lowest BCUT2D eigenvalue weighted by Crippen LogP contribution is -2.42. The van der Waals surface area contributed by atoms with Gasteiger partial charge in [0.15, 0.2) is 0 Å². The minimum Gasteiger partial charge on any atom is -0.481 e. The highest BCUT2D eigenvalue weighted by Gasteiger charge is 2.33. The molecule has 0 radical (unpaired) electrons. The molecule has 18 heavy (non-hydrogen) atoms. The SMILES string of the molecule is Cn1cc(S(=O)(=O)N2CCCC(C(=O)O)C2)cn1. The predicted octanol–water partition coefficient (Wildman–Crippen LogP) is -0.0946. The molecule has 1 aromatic heterocycles. The number of sulfonamides is 1. The van der Waals surface area contributed by atoms with Crippen LogP contribution in [0.2, 0.25) is 0 Å². The third-order valence-corrected chi connectivity index (χ3v) is 4.87. The van der Waals surface area contributed by atoms with E-state index in [1.165, 1.54) is 21.4 Å². The fourth-order valence-corrected chi connectivity index (χ4v) is 3.55. The Morgan fingerprint density at radius 1 is 1.56 bits per heavy atom. The van der Waals surface area contributed by atoms with Gasteiger partial charge < -0.3 is 5.11 Å². The lowest BCUT2D eigenvalue weighted by atomic mass is 10.0. The molecule has 1 N–H and O–H groups in total. The van der Waals surface area contributed by atoms with E-state index in [-0.39, 0.29) is 11.4 Å². The van der Waals surface area contributed by atoms with Gasteiger partial charge in [-0.3, -0.25) is 9.48 Å². The molecule has 1 aromatic rings. The van der Waals surface area contributed by atoms with Crippen LogP contribution in [-0.4, -0.2) is 46.7 Å². The molecule has 0 aromatic carbocycles. The topological polar surface area (TPSA) is 92.5 Å². The van der Waals surface area contributed by atoms with Crippen molar-refractivity contribution in [2.75, 3.05) is 13.1 Å². The number of piperidine rings is 1. The van der Waals surface area contributed by atoms with Gasteiger partial charge in [-0.05, 0) is 12.8 Å². The second-order valence-corrected chi connectivity index (χ2v) is 6.33. The van der Waals surface area contributed by atoms with E-state index in [0.29, 0.717) is 19.4 Å². The molecule has 1 saturated heterocycles. The number of hydrogen-bond donors (Lipinski definition) is 1. The molecule has 100 valence electrons. The highest BCUT2D eigenvalue weighted by molar-refractivity contribution is 7.89. The maximum atomic E-state index is 12.2. The predicted molar refractivity (Wildman–Crippen MR) is 62.3 cm³/mol. The molecular weight excluding hydrogens is 258 g/mol. The number of rotatable bonds is 3. The number of aromatic nitrogens is 2. The monoisotopic (exact) mass is 273 g/mol. The second kappa shape index (κ2) is 4.69. The van der Waals surface area contributed by atoms with Crippen molar-refractivity contribution in [2.45, 2.75) is 17.7 Å². The van der Waals surface area contributed by atoms with E-state index < -0.39 is 21.9 Å². The molecule has 0 amide bonds. The van der Waals surface area contributed by atoms with Gasteiger partial charge in [0.2, 0.25) is 10.0 Å². The third kappa shape index (κ3) is 2.39. The first-order valence-electron chi connectivity index (χ1n) is 5.63. The Balaban J connectivity index is 2.22. The lowest BCUT2D eigenvalue weighted by Gasteiger charge is -2.29. The largest absolute Gasteiger partial charge is 0.481 e. The summed E-state index contributed by atoms with van der Waals surface area (Å²) in [5.74, 6) is -1.56. The summed E-state index contributed by atoms with van der Waals surface area (Å²) < 4.78 is 27.1. The van der Waals surface area contributed by atoms with E-state index in [9.17, 15) is 13.2 Å². The van der Waals surface area contributed by atoms with Gasteiger partial charge in [0.1, 0.15) is 4.90 Å². The molecule has 0 saturated carbocycles. The minimum absolute atomic E-state index is 0.0343. The Morgan fingerprint density at radius 2 is 2.28 bits per heavy atom. The zero-order valence-corrected chi connectivity index (χ0v) is 10.8. The maximum absolute atomic E-state index is 12.2. The number of aliphatic carboxylic acids is 1. The Labute approximate surface area is 105 Å². The van der Waals surface area contributed by atoms with Crippen LogP contribution in [0.3, 0.4) is 0 Å². The van der Waals surface area contributed by atoms with Crippen LogP contribution in [0.15, 0.2) is 17.3 Å². The molecule has 8 heteroatoms. The molecule has 1 unspecified atom stereocenters. The van der Waals surface area contributed by atoms with Crippen LogP contribution < -0.4 is 0 Å². The number of carboxylic acids is 1. The Bertz CT molecular complexity index is 551. The molecule has 1 aliphatic rings. The molecule has 0 bridgehead atoms. The summed E-state index contributed by atoms with van der Waals surface area (Å²) in [6, 6.07) is 0. The first kappa shape index (κ1) is 13.0. The van der Waals surface area contributed by atoms with Crippen LogP contribution in [0.4, 0.5) is 0 Å². The van der Waals surface area contributed by atoms with E-state index in [0.717, 1.165) is 0 Å². The van der Waals surface area contributed by atoms with Crippen LogP contribution >= 0.6 is 0 Å². The fourth-order valence-electron chi connectivity index (χ4n) is 2.04. The van der Waals surface area contributed by atoms with Crippen LogP contribution in [0.1, 0.15) is 12.8 Å². The zero-order valence-electron chi connectivity index (χ0n) is 9.98. The minimum atomic E-state index is -3.62. The average molecular weight is 273 g/mol. The number of nitrogens with zero attached hydrogens (tertiary/aromatic N) is 3. The van der Waals surface area contributed by atoms with Gasteiger partial charge >= 0.3 is 5.97 Å². The van der Waals surface area contributed by atoms with Crippen LogP contribution in [0.25, 0.3) is 0 Å². The second-order valence-electron chi connectivity index (χ2n) is 4.39. The van der Waals surface area contributed by atoms with Crippen LogP contribution in [0, 0.1) is 5.92 Å². The van der Waals surface area contributed by atoms with Crippen molar-refractivity contribution in [1.29, 1.82) is 0 Å². The highest BCUT2D eigenvalue weighted by Crippen LogP contribution is 2.23. The van der Waals surface area contributed by atoms with Crippen molar-refractivity contribution in [3.05, 3.63) is 12.4 Å². The molecule has 1 fully saturated rings.